The molecule has 0 aromatic heterocycles. The quantitative estimate of drug-likeness (QED) is 0.841. The number of hydrogen-bond donors (Lipinski definition) is 2. The first-order chi connectivity index (χ1) is 8.26. The van der Waals surface area contributed by atoms with Gasteiger partial charge in [0, 0.05) is 11.6 Å². The van der Waals surface area contributed by atoms with Crippen LogP contribution in [0.4, 0.5) is 0 Å². The van der Waals surface area contributed by atoms with E-state index in [2.05, 4.69) is 18.3 Å². The first kappa shape index (κ1) is 12.2. The van der Waals surface area contributed by atoms with Gasteiger partial charge in [-0.05, 0) is 43.9 Å². The highest BCUT2D eigenvalue weighted by Gasteiger charge is 2.19. The highest BCUT2D eigenvalue weighted by Crippen LogP contribution is 2.34. The van der Waals surface area contributed by atoms with Crippen molar-refractivity contribution >= 4 is 0 Å². The summed E-state index contributed by atoms with van der Waals surface area (Å²) < 4.78 is 5.18. The maximum absolute atomic E-state index is 10.2. The minimum Gasteiger partial charge on any atom is -0.504 e. The molecule has 3 heteroatoms. The van der Waals surface area contributed by atoms with Gasteiger partial charge in [0.05, 0.1) is 7.11 Å². The molecule has 0 amide bonds. The summed E-state index contributed by atoms with van der Waals surface area (Å²) >= 11 is 0. The zero-order valence-electron chi connectivity index (χ0n) is 10.6. The van der Waals surface area contributed by atoms with Crippen molar-refractivity contribution in [1.82, 2.24) is 5.32 Å². The van der Waals surface area contributed by atoms with E-state index in [9.17, 15) is 5.11 Å². The van der Waals surface area contributed by atoms with Gasteiger partial charge in [0.2, 0.25) is 0 Å². The SMILES string of the molecule is CCc1ccc(OC)c(O)c1CC1CCCN1. The Bertz CT molecular complexity index is 384. The van der Waals surface area contributed by atoms with Crippen LogP contribution in [0, 0.1) is 0 Å². The molecule has 2 rings (SSSR count). The van der Waals surface area contributed by atoms with E-state index < -0.39 is 0 Å². The number of methoxy groups -OCH3 is 1. The van der Waals surface area contributed by atoms with Gasteiger partial charge in [0.1, 0.15) is 0 Å². The summed E-state index contributed by atoms with van der Waals surface area (Å²) in [6.45, 7) is 3.21. The fraction of sp³-hybridized carbons (Fsp3) is 0.571. The van der Waals surface area contributed by atoms with E-state index in [-0.39, 0.29) is 0 Å². The molecule has 1 aliphatic heterocycles. The van der Waals surface area contributed by atoms with Gasteiger partial charge < -0.3 is 15.2 Å². The van der Waals surface area contributed by atoms with Gasteiger partial charge in [0.15, 0.2) is 11.5 Å². The molecular formula is C14H21NO2. The van der Waals surface area contributed by atoms with Crippen LogP contribution in [0.25, 0.3) is 0 Å². The molecule has 1 saturated heterocycles. The van der Waals surface area contributed by atoms with Crippen molar-refractivity contribution in [2.45, 2.75) is 38.6 Å². The van der Waals surface area contributed by atoms with E-state index in [0.717, 1.165) is 24.9 Å². The van der Waals surface area contributed by atoms with Crippen LogP contribution in [0.15, 0.2) is 12.1 Å². The Hall–Kier alpha value is -1.22. The minimum atomic E-state index is 0.320. The molecule has 2 N–H and O–H groups in total. The molecule has 1 unspecified atom stereocenters. The molecular weight excluding hydrogens is 214 g/mol. The molecule has 0 spiro atoms. The molecule has 3 nitrogen and oxygen atoms in total. The molecule has 0 bridgehead atoms. The lowest BCUT2D eigenvalue weighted by Crippen LogP contribution is -2.24. The van der Waals surface area contributed by atoms with E-state index in [1.54, 1.807) is 7.11 Å². The number of aromatic hydroxyl groups is 1. The lowest BCUT2D eigenvalue weighted by Gasteiger charge is -2.16. The number of phenols is 1. The Morgan fingerprint density at radius 2 is 2.29 bits per heavy atom. The highest BCUT2D eigenvalue weighted by molar-refractivity contribution is 5.50. The van der Waals surface area contributed by atoms with Crippen molar-refractivity contribution in [2.24, 2.45) is 0 Å². The van der Waals surface area contributed by atoms with Crippen LogP contribution >= 0.6 is 0 Å². The van der Waals surface area contributed by atoms with Crippen molar-refractivity contribution in [1.29, 1.82) is 0 Å². The molecule has 1 heterocycles. The van der Waals surface area contributed by atoms with Crippen LogP contribution < -0.4 is 10.1 Å². The third-order valence-corrected chi connectivity index (χ3v) is 3.56. The second-order valence-electron chi connectivity index (χ2n) is 4.61. The Labute approximate surface area is 103 Å². The van der Waals surface area contributed by atoms with E-state index >= 15 is 0 Å². The predicted octanol–water partition coefficient (Wildman–Crippen LogP) is 2.26. The van der Waals surface area contributed by atoms with E-state index in [4.69, 9.17) is 4.74 Å². The van der Waals surface area contributed by atoms with Gasteiger partial charge in [-0.1, -0.05) is 13.0 Å². The molecule has 0 saturated carbocycles. The maximum Gasteiger partial charge on any atom is 0.161 e. The first-order valence-corrected chi connectivity index (χ1v) is 6.37. The van der Waals surface area contributed by atoms with Crippen molar-refractivity contribution in [3.8, 4) is 11.5 Å². The highest BCUT2D eigenvalue weighted by atomic mass is 16.5. The summed E-state index contributed by atoms with van der Waals surface area (Å²) in [4.78, 5) is 0. The summed E-state index contributed by atoms with van der Waals surface area (Å²) in [6, 6.07) is 4.40. The molecule has 94 valence electrons. The predicted molar refractivity (Wildman–Crippen MR) is 68.8 cm³/mol. The molecule has 1 fully saturated rings. The normalized spacial score (nSPS) is 19.5. The smallest absolute Gasteiger partial charge is 0.161 e. The molecule has 1 atom stereocenters. The lowest BCUT2D eigenvalue weighted by molar-refractivity contribution is 0.368. The summed E-state index contributed by atoms with van der Waals surface area (Å²) in [5.74, 6) is 0.899. The number of nitrogens with one attached hydrogen (secondary N) is 1. The van der Waals surface area contributed by atoms with Crippen LogP contribution in [0.1, 0.15) is 30.9 Å². The standard InChI is InChI=1S/C14H21NO2/c1-3-10-6-7-13(17-2)14(16)12(10)9-11-5-4-8-15-11/h6-7,11,15-16H,3-5,8-9H2,1-2H3. The zero-order chi connectivity index (χ0) is 12.3. The average Bonchev–Trinajstić information content (AvgIpc) is 2.84. The number of aryl methyl sites for hydroxylation is 1. The topological polar surface area (TPSA) is 41.5 Å². The number of hydrogen-bond acceptors (Lipinski definition) is 3. The van der Waals surface area contributed by atoms with Gasteiger partial charge >= 0.3 is 0 Å². The minimum absolute atomic E-state index is 0.320. The Balaban J connectivity index is 2.27. The van der Waals surface area contributed by atoms with Crippen LogP contribution in [0.3, 0.4) is 0 Å². The lowest BCUT2D eigenvalue weighted by atomic mass is 9.96. The second kappa shape index (κ2) is 5.41. The van der Waals surface area contributed by atoms with Gasteiger partial charge in [-0.2, -0.15) is 0 Å². The summed E-state index contributed by atoms with van der Waals surface area (Å²) in [6.07, 6.45) is 4.27. The number of ether oxygens (including phenoxy) is 1. The summed E-state index contributed by atoms with van der Waals surface area (Å²) in [5.41, 5.74) is 2.27. The van der Waals surface area contributed by atoms with Crippen molar-refractivity contribution in [2.75, 3.05) is 13.7 Å². The van der Waals surface area contributed by atoms with Crippen LogP contribution in [-0.4, -0.2) is 24.8 Å². The van der Waals surface area contributed by atoms with Crippen molar-refractivity contribution in [3.05, 3.63) is 23.3 Å². The van der Waals surface area contributed by atoms with Crippen LogP contribution in [0.2, 0.25) is 0 Å². The van der Waals surface area contributed by atoms with Gasteiger partial charge in [-0.15, -0.1) is 0 Å². The Kier molecular flexibility index (Phi) is 3.89. The Morgan fingerprint density at radius 1 is 1.47 bits per heavy atom. The van der Waals surface area contributed by atoms with Crippen molar-refractivity contribution < 1.29 is 9.84 Å². The number of phenolic OH excluding ortho intramolecular Hbond substituents is 1. The number of benzene rings is 1. The molecule has 1 aromatic rings. The zero-order valence-corrected chi connectivity index (χ0v) is 10.6. The van der Waals surface area contributed by atoms with Crippen LogP contribution in [-0.2, 0) is 12.8 Å². The van der Waals surface area contributed by atoms with E-state index in [1.165, 1.54) is 18.4 Å². The van der Waals surface area contributed by atoms with Gasteiger partial charge in [-0.25, -0.2) is 0 Å². The second-order valence-corrected chi connectivity index (χ2v) is 4.61. The van der Waals surface area contributed by atoms with Gasteiger partial charge in [0.25, 0.3) is 0 Å². The van der Waals surface area contributed by atoms with Gasteiger partial charge in [-0.3, -0.25) is 0 Å². The third-order valence-electron chi connectivity index (χ3n) is 3.56. The summed E-state index contributed by atoms with van der Waals surface area (Å²) in [7, 11) is 1.60. The average molecular weight is 235 g/mol. The first-order valence-electron chi connectivity index (χ1n) is 6.37. The fourth-order valence-corrected chi connectivity index (χ4v) is 2.56. The molecule has 1 aromatic carbocycles. The number of rotatable bonds is 4. The van der Waals surface area contributed by atoms with E-state index in [0.29, 0.717) is 17.5 Å². The maximum atomic E-state index is 10.2. The van der Waals surface area contributed by atoms with Crippen LogP contribution in [0.5, 0.6) is 11.5 Å². The molecule has 17 heavy (non-hydrogen) atoms. The molecule has 0 aliphatic carbocycles. The molecule has 1 aliphatic rings. The molecule has 0 radical (unpaired) electrons. The van der Waals surface area contributed by atoms with Crippen molar-refractivity contribution in [3.63, 3.8) is 0 Å². The third kappa shape index (κ3) is 2.55. The monoisotopic (exact) mass is 235 g/mol. The Morgan fingerprint density at radius 3 is 2.88 bits per heavy atom. The largest absolute Gasteiger partial charge is 0.504 e. The fourth-order valence-electron chi connectivity index (χ4n) is 2.56. The summed E-state index contributed by atoms with van der Waals surface area (Å²) in [5, 5.41) is 13.7. The van der Waals surface area contributed by atoms with E-state index in [1.807, 2.05) is 6.07 Å².